The molecule has 2 fully saturated rings. The van der Waals surface area contributed by atoms with Gasteiger partial charge in [0.05, 0.1) is 24.3 Å². The van der Waals surface area contributed by atoms with E-state index in [4.69, 9.17) is 4.74 Å². The third-order valence-electron chi connectivity index (χ3n) is 5.08. The molecule has 0 bridgehead atoms. The van der Waals surface area contributed by atoms with Gasteiger partial charge in [-0.1, -0.05) is 0 Å². The Hall–Kier alpha value is -2.52. The van der Waals surface area contributed by atoms with Gasteiger partial charge < -0.3 is 19.9 Å². The lowest BCUT2D eigenvalue weighted by Gasteiger charge is -2.34. The molecule has 0 atom stereocenters. The predicted octanol–water partition coefficient (Wildman–Crippen LogP) is -0.552. The average molecular weight is 389 g/mol. The van der Waals surface area contributed by atoms with Crippen molar-refractivity contribution in [2.24, 2.45) is 0 Å². The van der Waals surface area contributed by atoms with Crippen LogP contribution in [-0.4, -0.2) is 103 Å². The van der Waals surface area contributed by atoms with E-state index in [1.807, 2.05) is 0 Å². The van der Waals surface area contributed by atoms with Crippen LogP contribution >= 0.6 is 0 Å². The van der Waals surface area contributed by atoms with Crippen LogP contribution in [0.25, 0.3) is 0 Å². The summed E-state index contributed by atoms with van der Waals surface area (Å²) in [7, 11) is 0. The van der Waals surface area contributed by atoms with E-state index in [1.165, 1.54) is 19.3 Å². The van der Waals surface area contributed by atoms with Gasteiger partial charge in [-0.05, 0) is 6.07 Å². The van der Waals surface area contributed by atoms with E-state index >= 15 is 0 Å². The van der Waals surface area contributed by atoms with Crippen LogP contribution in [0.5, 0.6) is 0 Å². The summed E-state index contributed by atoms with van der Waals surface area (Å²) in [6, 6.07) is 1.58. The monoisotopic (exact) mass is 389 g/mol. The third-order valence-corrected chi connectivity index (χ3v) is 5.08. The van der Waals surface area contributed by atoms with E-state index in [1.54, 1.807) is 15.9 Å². The molecule has 1 aromatic heterocycles. The van der Waals surface area contributed by atoms with Gasteiger partial charge in [-0.2, -0.15) is 0 Å². The maximum atomic E-state index is 12.7. The van der Waals surface area contributed by atoms with E-state index < -0.39 is 0 Å². The van der Waals surface area contributed by atoms with Gasteiger partial charge in [0.1, 0.15) is 0 Å². The van der Waals surface area contributed by atoms with Gasteiger partial charge in [0.15, 0.2) is 0 Å². The van der Waals surface area contributed by atoms with Gasteiger partial charge in [-0.25, -0.2) is 0 Å². The fourth-order valence-corrected chi connectivity index (χ4v) is 3.34. The lowest BCUT2D eigenvalue weighted by atomic mass is 10.1. The quantitative estimate of drug-likeness (QED) is 0.726. The molecular weight excluding hydrogens is 362 g/mol. The first-order valence-electron chi connectivity index (χ1n) is 9.63. The smallest absolute Gasteiger partial charge is 0.255 e. The van der Waals surface area contributed by atoms with E-state index in [0.29, 0.717) is 43.9 Å². The minimum atomic E-state index is -0.239. The number of nitrogens with one attached hydrogen (secondary N) is 1. The minimum absolute atomic E-state index is 0.0181. The first kappa shape index (κ1) is 20.2. The normalized spacial score (nSPS) is 18.0. The zero-order chi connectivity index (χ0) is 19.9. The van der Waals surface area contributed by atoms with Gasteiger partial charge in [0.25, 0.3) is 11.8 Å². The van der Waals surface area contributed by atoms with Crippen molar-refractivity contribution in [3.63, 3.8) is 0 Å². The Kier molecular flexibility index (Phi) is 6.94. The van der Waals surface area contributed by atoms with E-state index in [2.05, 4.69) is 15.2 Å². The highest BCUT2D eigenvalue weighted by Crippen LogP contribution is 2.10. The Bertz CT molecular complexity index is 712. The van der Waals surface area contributed by atoms with Crippen LogP contribution in [0, 0.1) is 0 Å². The van der Waals surface area contributed by atoms with Crippen molar-refractivity contribution in [1.82, 2.24) is 25.0 Å². The summed E-state index contributed by atoms with van der Waals surface area (Å²) in [6.45, 7) is 8.03. The van der Waals surface area contributed by atoms with Gasteiger partial charge in [0.2, 0.25) is 5.91 Å². The second kappa shape index (κ2) is 9.61. The Labute approximate surface area is 164 Å². The maximum absolute atomic E-state index is 12.7. The number of hydrogen-bond acceptors (Lipinski definition) is 6. The number of morpholine rings is 1. The van der Waals surface area contributed by atoms with E-state index in [0.717, 1.165) is 32.8 Å². The number of rotatable bonds is 5. The van der Waals surface area contributed by atoms with Crippen molar-refractivity contribution in [3.8, 4) is 0 Å². The molecule has 0 radical (unpaired) electrons. The maximum Gasteiger partial charge on any atom is 0.255 e. The summed E-state index contributed by atoms with van der Waals surface area (Å²) < 4.78 is 5.31. The lowest BCUT2D eigenvalue weighted by molar-refractivity contribution is -0.130. The standard InChI is InChI=1S/C19H27N5O4/c1-15(25)23-4-6-24(7-5-23)19(27)17-12-16(13-20-14-17)18(26)21-2-3-22-8-10-28-11-9-22/h12-14H,2-11H2,1H3,(H,21,26). The first-order valence-corrected chi connectivity index (χ1v) is 9.63. The summed E-state index contributed by atoms with van der Waals surface area (Å²) in [5.41, 5.74) is 0.757. The molecule has 3 heterocycles. The predicted molar refractivity (Wildman–Crippen MR) is 102 cm³/mol. The number of amides is 3. The molecule has 28 heavy (non-hydrogen) atoms. The van der Waals surface area contributed by atoms with Gasteiger partial charge in [0, 0.05) is 71.7 Å². The van der Waals surface area contributed by atoms with Crippen LogP contribution < -0.4 is 5.32 Å². The van der Waals surface area contributed by atoms with Crippen LogP contribution in [0.3, 0.4) is 0 Å². The zero-order valence-electron chi connectivity index (χ0n) is 16.2. The zero-order valence-corrected chi connectivity index (χ0v) is 16.2. The van der Waals surface area contributed by atoms with E-state index in [-0.39, 0.29) is 17.7 Å². The van der Waals surface area contributed by atoms with Crippen LogP contribution in [0.15, 0.2) is 18.5 Å². The Morgan fingerprint density at radius 2 is 1.64 bits per heavy atom. The number of aromatic nitrogens is 1. The van der Waals surface area contributed by atoms with E-state index in [9.17, 15) is 14.4 Å². The Balaban J connectivity index is 1.52. The van der Waals surface area contributed by atoms with Crippen LogP contribution in [0.2, 0.25) is 0 Å². The molecule has 1 N–H and O–H groups in total. The van der Waals surface area contributed by atoms with Crippen LogP contribution in [-0.2, 0) is 9.53 Å². The largest absolute Gasteiger partial charge is 0.379 e. The Morgan fingerprint density at radius 1 is 1.00 bits per heavy atom. The highest BCUT2D eigenvalue weighted by atomic mass is 16.5. The molecule has 0 aromatic carbocycles. The van der Waals surface area contributed by atoms with Gasteiger partial charge in [-0.3, -0.25) is 24.3 Å². The number of piperazine rings is 1. The molecule has 0 spiro atoms. The summed E-state index contributed by atoms with van der Waals surface area (Å²) in [5.74, 6) is -0.389. The van der Waals surface area contributed by atoms with Crippen molar-refractivity contribution in [3.05, 3.63) is 29.6 Å². The van der Waals surface area contributed by atoms with Crippen molar-refractivity contribution in [2.75, 3.05) is 65.6 Å². The topological polar surface area (TPSA) is 95.1 Å². The first-order chi connectivity index (χ1) is 13.5. The average Bonchev–Trinajstić information content (AvgIpc) is 2.74. The van der Waals surface area contributed by atoms with Crippen LogP contribution in [0.1, 0.15) is 27.6 Å². The fraction of sp³-hybridized carbons (Fsp3) is 0.579. The molecule has 2 aliphatic heterocycles. The molecule has 0 unspecified atom stereocenters. The summed E-state index contributed by atoms with van der Waals surface area (Å²) in [5, 5.41) is 2.88. The molecule has 3 rings (SSSR count). The highest BCUT2D eigenvalue weighted by molar-refractivity contribution is 5.99. The summed E-state index contributed by atoms with van der Waals surface area (Å²) in [6.07, 6.45) is 2.94. The molecule has 9 heteroatoms. The third kappa shape index (κ3) is 5.26. The van der Waals surface area contributed by atoms with Gasteiger partial charge in [-0.15, -0.1) is 0 Å². The minimum Gasteiger partial charge on any atom is -0.379 e. The molecular formula is C19H27N5O4. The lowest BCUT2D eigenvalue weighted by Crippen LogP contribution is -2.50. The molecule has 3 amide bonds. The molecule has 0 saturated carbocycles. The number of hydrogen-bond donors (Lipinski definition) is 1. The van der Waals surface area contributed by atoms with Crippen molar-refractivity contribution >= 4 is 17.7 Å². The molecule has 1 aromatic rings. The summed E-state index contributed by atoms with van der Waals surface area (Å²) >= 11 is 0. The molecule has 2 saturated heterocycles. The van der Waals surface area contributed by atoms with Crippen molar-refractivity contribution in [2.45, 2.75) is 6.92 Å². The highest BCUT2D eigenvalue weighted by Gasteiger charge is 2.24. The van der Waals surface area contributed by atoms with Crippen molar-refractivity contribution < 1.29 is 19.1 Å². The fourth-order valence-electron chi connectivity index (χ4n) is 3.34. The number of nitrogens with zero attached hydrogens (tertiary/aromatic N) is 4. The number of carbonyl (C=O) groups excluding carboxylic acids is 3. The van der Waals surface area contributed by atoms with Crippen LogP contribution in [0.4, 0.5) is 0 Å². The van der Waals surface area contributed by atoms with Crippen molar-refractivity contribution in [1.29, 1.82) is 0 Å². The molecule has 9 nitrogen and oxygen atoms in total. The summed E-state index contributed by atoms with van der Waals surface area (Å²) in [4.78, 5) is 46.2. The molecule has 0 aliphatic carbocycles. The number of ether oxygens (including phenoxy) is 1. The second-order valence-corrected chi connectivity index (χ2v) is 6.97. The number of carbonyl (C=O) groups is 3. The second-order valence-electron chi connectivity index (χ2n) is 6.97. The Morgan fingerprint density at radius 3 is 2.32 bits per heavy atom. The SMILES string of the molecule is CC(=O)N1CCN(C(=O)c2cncc(C(=O)NCCN3CCOCC3)c2)CC1. The molecule has 152 valence electrons. The number of pyridine rings is 1. The van der Waals surface area contributed by atoms with Gasteiger partial charge >= 0.3 is 0 Å². The molecule has 2 aliphatic rings.